The van der Waals surface area contributed by atoms with Crippen molar-refractivity contribution in [2.24, 2.45) is 5.10 Å². The lowest BCUT2D eigenvalue weighted by molar-refractivity contribution is -0.120. The lowest BCUT2D eigenvalue weighted by Crippen LogP contribution is -2.19. The van der Waals surface area contributed by atoms with Gasteiger partial charge in [-0.2, -0.15) is 5.10 Å². The molecule has 0 spiro atoms. The molecule has 0 heterocycles. The third-order valence-electron chi connectivity index (χ3n) is 2.68. The van der Waals surface area contributed by atoms with Crippen molar-refractivity contribution < 1.29 is 15.0 Å². The molecule has 3 N–H and O–H groups in total. The van der Waals surface area contributed by atoms with Gasteiger partial charge in [-0.15, -0.1) is 0 Å². The third-order valence-corrected chi connectivity index (χ3v) is 3.21. The molecule has 6 heteroatoms. The second kappa shape index (κ2) is 6.90. The lowest BCUT2D eigenvalue weighted by Gasteiger charge is -2.01. The molecule has 0 bridgehead atoms. The molecule has 0 aliphatic heterocycles. The number of aromatic hydroxyl groups is 2. The van der Waals surface area contributed by atoms with Crippen molar-refractivity contribution in [1.29, 1.82) is 0 Å². The fraction of sp³-hybridized carbons (Fsp3) is 0.0667. The number of rotatable bonds is 4. The number of hydrazone groups is 1. The average molecular weight is 349 g/mol. The molecule has 0 unspecified atom stereocenters. The van der Waals surface area contributed by atoms with Crippen LogP contribution in [0.2, 0.25) is 0 Å². The maximum absolute atomic E-state index is 11.7. The zero-order valence-corrected chi connectivity index (χ0v) is 12.5. The van der Waals surface area contributed by atoms with Crippen LogP contribution in [0.25, 0.3) is 0 Å². The Labute approximate surface area is 130 Å². The summed E-state index contributed by atoms with van der Waals surface area (Å²) in [6.45, 7) is 0. The van der Waals surface area contributed by atoms with Crippen molar-refractivity contribution in [3.05, 3.63) is 58.1 Å². The van der Waals surface area contributed by atoms with Gasteiger partial charge >= 0.3 is 0 Å². The maximum Gasteiger partial charge on any atom is 0.244 e. The summed E-state index contributed by atoms with van der Waals surface area (Å²) < 4.78 is 0.955. The quantitative estimate of drug-likeness (QED) is 0.451. The van der Waals surface area contributed by atoms with Crippen LogP contribution in [0.4, 0.5) is 0 Å². The number of halogens is 1. The molecular weight excluding hydrogens is 336 g/mol. The van der Waals surface area contributed by atoms with Gasteiger partial charge in [-0.3, -0.25) is 4.79 Å². The Morgan fingerprint density at radius 1 is 1.14 bits per heavy atom. The van der Waals surface area contributed by atoms with Crippen LogP contribution in [0.1, 0.15) is 11.1 Å². The Morgan fingerprint density at radius 3 is 2.52 bits per heavy atom. The second-order valence-electron chi connectivity index (χ2n) is 4.34. The molecule has 0 radical (unpaired) electrons. The van der Waals surface area contributed by atoms with Gasteiger partial charge in [-0.1, -0.05) is 28.1 Å². The van der Waals surface area contributed by atoms with Crippen LogP contribution >= 0.6 is 15.9 Å². The van der Waals surface area contributed by atoms with E-state index in [2.05, 4.69) is 26.5 Å². The minimum atomic E-state index is -0.239. The van der Waals surface area contributed by atoms with Gasteiger partial charge in [0.25, 0.3) is 0 Å². The number of phenolic OH excluding ortho intramolecular Hbond substituents is 2. The zero-order chi connectivity index (χ0) is 15.2. The molecule has 0 aliphatic rings. The Kier molecular flexibility index (Phi) is 4.94. The molecule has 2 rings (SSSR count). The standard InChI is InChI=1S/C15H13BrN2O3/c16-12-4-1-10(2-5-12)8-15(21)18-17-9-11-3-6-13(19)14(20)7-11/h1-7,9,19-20H,8H2,(H,18,21)/b17-9+. The summed E-state index contributed by atoms with van der Waals surface area (Å²) >= 11 is 3.33. The van der Waals surface area contributed by atoms with Gasteiger partial charge in [0.2, 0.25) is 5.91 Å². The van der Waals surface area contributed by atoms with Gasteiger partial charge in [0, 0.05) is 4.47 Å². The minimum Gasteiger partial charge on any atom is -0.504 e. The largest absolute Gasteiger partial charge is 0.504 e. The van der Waals surface area contributed by atoms with Crippen LogP contribution in [-0.4, -0.2) is 22.3 Å². The van der Waals surface area contributed by atoms with E-state index in [1.807, 2.05) is 24.3 Å². The Balaban J connectivity index is 1.89. The molecule has 5 nitrogen and oxygen atoms in total. The van der Waals surface area contributed by atoms with E-state index < -0.39 is 0 Å². The number of benzene rings is 2. The highest BCUT2D eigenvalue weighted by molar-refractivity contribution is 9.10. The zero-order valence-electron chi connectivity index (χ0n) is 11.0. The van der Waals surface area contributed by atoms with Crippen molar-refractivity contribution in [1.82, 2.24) is 5.43 Å². The summed E-state index contributed by atoms with van der Waals surface area (Å²) in [5, 5.41) is 22.3. The third kappa shape index (κ3) is 4.61. The molecular formula is C15H13BrN2O3. The first-order valence-electron chi connectivity index (χ1n) is 6.13. The van der Waals surface area contributed by atoms with E-state index >= 15 is 0 Å². The normalized spacial score (nSPS) is 10.7. The average Bonchev–Trinajstić information content (AvgIpc) is 2.45. The first-order valence-corrected chi connectivity index (χ1v) is 6.92. The highest BCUT2D eigenvalue weighted by Crippen LogP contribution is 2.23. The number of amides is 1. The van der Waals surface area contributed by atoms with Gasteiger partial charge in [0.1, 0.15) is 0 Å². The highest BCUT2D eigenvalue weighted by Gasteiger charge is 2.02. The van der Waals surface area contributed by atoms with Crippen LogP contribution < -0.4 is 5.43 Å². The van der Waals surface area contributed by atoms with Crippen LogP contribution in [0, 0.1) is 0 Å². The molecule has 0 fully saturated rings. The van der Waals surface area contributed by atoms with Gasteiger partial charge in [-0.05, 0) is 41.5 Å². The molecule has 2 aromatic rings. The van der Waals surface area contributed by atoms with Crippen molar-refractivity contribution in [3.63, 3.8) is 0 Å². The van der Waals surface area contributed by atoms with E-state index in [1.54, 1.807) is 6.07 Å². The first-order chi connectivity index (χ1) is 10.0. The van der Waals surface area contributed by atoms with E-state index in [-0.39, 0.29) is 23.8 Å². The van der Waals surface area contributed by atoms with E-state index in [4.69, 9.17) is 0 Å². The highest BCUT2D eigenvalue weighted by atomic mass is 79.9. The molecule has 2 aromatic carbocycles. The van der Waals surface area contributed by atoms with Crippen LogP contribution in [0.15, 0.2) is 52.0 Å². The van der Waals surface area contributed by atoms with Crippen molar-refractivity contribution in [2.75, 3.05) is 0 Å². The Morgan fingerprint density at radius 2 is 1.86 bits per heavy atom. The van der Waals surface area contributed by atoms with Crippen molar-refractivity contribution in [2.45, 2.75) is 6.42 Å². The summed E-state index contributed by atoms with van der Waals surface area (Å²) in [7, 11) is 0. The Bertz CT molecular complexity index is 669. The number of nitrogens with zero attached hydrogens (tertiary/aromatic N) is 1. The molecule has 0 aromatic heterocycles. The van der Waals surface area contributed by atoms with Crippen molar-refractivity contribution in [3.8, 4) is 11.5 Å². The maximum atomic E-state index is 11.7. The number of carbonyl (C=O) groups excluding carboxylic acids is 1. The SMILES string of the molecule is O=C(Cc1ccc(Br)cc1)N/N=C/c1ccc(O)c(O)c1. The summed E-state index contributed by atoms with van der Waals surface area (Å²) in [5.74, 6) is -0.678. The monoisotopic (exact) mass is 348 g/mol. The summed E-state index contributed by atoms with van der Waals surface area (Å²) in [6, 6.07) is 11.7. The Hall–Kier alpha value is -2.34. The fourth-order valence-corrected chi connectivity index (χ4v) is 1.89. The number of nitrogens with one attached hydrogen (secondary N) is 1. The van der Waals surface area contributed by atoms with E-state index in [0.717, 1.165) is 10.0 Å². The molecule has 108 valence electrons. The van der Waals surface area contributed by atoms with Crippen LogP contribution in [0.3, 0.4) is 0 Å². The van der Waals surface area contributed by atoms with E-state index in [9.17, 15) is 15.0 Å². The first kappa shape index (κ1) is 15.1. The topological polar surface area (TPSA) is 81.9 Å². The molecule has 0 saturated heterocycles. The molecule has 0 aliphatic carbocycles. The van der Waals surface area contributed by atoms with Crippen LogP contribution in [-0.2, 0) is 11.2 Å². The fourth-order valence-electron chi connectivity index (χ4n) is 1.63. The van der Waals surface area contributed by atoms with E-state index in [1.165, 1.54) is 18.3 Å². The molecule has 21 heavy (non-hydrogen) atoms. The number of hydrogen-bond donors (Lipinski definition) is 3. The van der Waals surface area contributed by atoms with Gasteiger partial charge < -0.3 is 10.2 Å². The van der Waals surface area contributed by atoms with Crippen LogP contribution in [0.5, 0.6) is 11.5 Å². The number of phenols is 2. The smallest absolute Gasteiger partial charge is 0.244 e. The molecule has 1 amide bonds. The summed E-state index contributed by atoms with van der Waals surface area (Å²) in [5.41, 5.74) is 3.85. The summed E-state index contributed by atoms with van der Waals surface area (Å²) in [4.78, 5) is 11.7. The number of carbonyl (C=O) groups is 1. The lowest BCUT2D eigenvalue weighted by atomic mass is 10.1. The molecule has 0 atom stereocenters. The van der Waals surface area contributed by atoms with Gasteiger partial charge in [-0.25, -0.2) is 5.43 Å². The van der Waals surface area contributed by atoms with E-state index in [0.29, 0.717) is 5.56 Å². The second-order valence-corrected chi connectivity index (χ2v) is 5.26. The summed E-state index contributed by atoms with van der Waals surface area (Å²) in [6.07, 6.45) is 1.62. The minimum absolute atomic E-state index is 0.202. The predicted octanol–water partition coefficient (Wildman–Crippen LogP) is 2.55. The van der Waals surface area contributed by atoms with Gasteiger partial charge in [0.05, 0.1) is 12.6 Å². The number of hydrogen-bond acceptors (Lipinski definition) is 4. The van der Waals surface area contributed by atoms with Gasteiger partial charge in [0.15, 0.2) is 11.5 Å². The predicted molar refractivity (Wildman–Crippen MR) is 83.4 cm³/mol. The van der Waals surface area contributed by atoms with Crippen molar-refractivity contribution >= 4 is 28.1 Å². The molecule has 0 saturated carbocycles.